The van der Waals surface area contributed by atoms with Crippen LogP contribution in [0, 0.1) is 0 Å². The van der Waals surface area contributed by atoms with E-state index >= 15 is 0 Å². The fourth-order valence-corrected chi connectivity index (χ4v) is 2.66. The highest BCUT2D eigenvalue weighted by molar-refractivity contribution is 5.81. The van der Waals surface area contributed by atoms with Crippen LogP contribution in [0.4, 0.5) is 0 Å². The molecule has 0 atom stereocenters. The summed E-state index contributed by atoms with van der Waals surface area (Å²) in [5, 5.41) is 4.07. The fourth-order valence-electron chi connectivity index (χ4n) is 2.66. The molecule has 0 radical (unpaired) electrons. The average molecular weight is 324 g/mol. The monoisotopic (exact) mass is 324 g/mol. The molecule has 124 valence electrons. The standard InChI is InChI=1S/C19H20N2O3/c1-23-16-8-7-14(18(11-16)24-2)10-19(22)20-12-15-9-13-5-3-4-6-17(13)21-15/h3-9,11,21H,10,12H2,1-2H3,(H,20,22). The van der Waals surface area contributed by atoms with Crippen molar-refractivity contribution >= 4 is 16.8 Å². The first-order chi connectivity index (χ1) is 11.7. The summed E-state index contributed by atoms with van der Waals surface area (Å²) >= 11 is 0. The molecule has 0 spiro atoms. The molecule has 24 heavy (non-hydrogen) atoms. The van der Waals surface area contributed by atoms with Gasteiger partial charge in [-0.1, -0.05) is 24.3 Å². The van der Waals surface area contributed by atoms with E-state index in [2.05, 4.69) is 10.3 Å². The molecule has 0 fully saturated rings. The zero-order valence-electron chi connectivity index (χ0n) is 13.8. The minimum atomic E-state index is -0.0582. The Morgan fingerprint density at radius 3 is 2.67 bits per heavy atom. The van der Waals surface area contributed by atoms with E-state index in [0.717, 1.165) is 22.2 Å². The molecule has 5 heteroatoms. The lowest BCUT2D eigenvalue weighted by Gasteiger charge is -2.10. The molecule has 0 saturated carbocycles. The van der Waals surface area contributed by atoms with Gasteiger partial charge < -0.3 is 19.8 Å². The number of methoxy groups -OCH3 is 2. The Kier molecular flexibility index (Phi) is 4.70. The third-order valence-corrected chi connectivity index (χ3v) is 3.91. The maximum absolute atomic E-state index is 12.2. The zero-order chi connectivity index (χ0) is 16.9. The number of hydrogen-bond acceptors (Lipinski definition) is 3. The van der Waals surface area contributed by atoms with Gasteiger partial charge >= 0.3 is 0 Å². The highest BCUT2D eigenvalue weighted by Crippen LogP contribution is 2.25. The van der Waals surface area contributed by atoms with Crippen LogP contribution in [0.5, 0.6) is 11.5 Å². The minimum absolute atomic E-state index is 0.0582. The minimum Gasteiger partial charge on any atom is -0.497 e. The molecule has 3 rings (SSSR count). The van der Waals surface area contributed by atoms with E-state index in [0.29, 0.717) is 18.0 Å². The van der Waals surface area contributed by atoms with Gasteiger partial charge in [-0.15, -0.1) is 0 Å². The Bertz CT molecular complexity index is 822. The summed E-state index contributed by atoms with van der Waals surface area (Å²) in [6.45, 7) is 0.464. The van der Waals surface area contributed by atoms with Crippen molar-refractivity contribution in [1.29, 1.82) is 0 Å². The van der Waals surface area contributed by atoms with Gasteiger partial charge in [-0.2, -0.15) is 0 Å². The lowest BCUT2D eigenvalue weighted by molar-refractivity contribution is -0.120. The molecule has 0 bridgehead atoms. The van der Waals surface area contributed by atoms with Crippen molar-refractivity contribution in [2.45, 2.75) is 13.0 Å². The van der Waals surface area contributed by atoms with E-state index in [4.69, 9.17) is 9.47 Å². The lowest BCUT2D eigenvalue weighted by Crippen LogP contribution is -2.24. The summed E-state index contributed by atoms with van der Waals surface area (Å²) in [5.41, 5.74) is 2.87. The van der Waals surface area contributed by atoms with Crippen molar-refractivity contribution in [1.82, 2.24) is 10.3 Å². The third kappa shape index (κ3) is 3.51. The molecule has 0 unspecified atom stereocenters. The number of aromatic nitrogens is 1. The van der Waals surface area contributed by atoms with Crippen molar-refractivity contribution in [3.05, 3.63) is 59.8 Å². The number of carbonyl (C=O) groups excluding carboxylic acids is 1. The van der Waals surface area contributed by atoms with Crippen LogP contribution in [0.2, 0.25) is 0 Å². The molecule has 2 N–H and O–H groups in total. The van der Waals surface area contributed by atoms with Gasteiger partial charge in [0.1, 0.15) is 11.5 Å². The predicted molar refractivity (Wildman–Crippen MR) is 93.4 cm³/mol. The van der Waals surface area contributed by atoms with Gasteiger partial charge in [0.05, 0.1) is 27.2 Å². The van der Waals surface area contributed by atoms with Gasteiger partial charge in [-0.3, -0.25) is 4.79 Å². The molecule has 1 aromatic heterocycles. The van der Waals surface area contributed by atoms with E-state index in [-0.39, 0.29) is 12.3 Å². The number of benzene rings is 2. The number of ether oxygens (including phenoxy) is 2. The molecular formula is C19H20N2O3. The van der Waals surface area contributed by atoms with Gasteiger partial charge in [-0.05, 0) is 23.6 Å². The van der Waals surface area contributed by atoms with Gasteiger partial charge in [-0.25, -0.2) is 0 Å². The Hall–Kier alpha value is -2.95. The van der Waals surface area contributed by atoms with Gasteiger partial charge in [0.15, 0.2) is 0 Å². The molecule has 2 aromatic carbocycles. The van der Waals surface area contributed by atoms with Crippen LogP contribution in [0.3, 0.4) is 0 Å². The summed E-state index contributed by atoms with van der Waals surface area (Å²) in [6.07, 6.45) is 0.257. The fraction of sp³-hybridized carbons (Fsp3) is 0.211. The second-order valence-electron chi connectivity index (χ2n) is 5.51. The van der Waals surface area contributed by atoms with Crippen molar-refractivity contribution in [3.63, 3.8) is 0 Å². The number of fused-ring (bicyclic) bond motifs is 1. The number of nitrogens with one attached hydrogen (secondary N) is 2. The number of carbonyl (C=O) groups is 1. The van der Waals surface area contributed by atoms with E-state index in [9.17, 15) is 4.79 Å². The molecule has 1 heterocycles. The molecular weight excluding hydrogens is 304 g/mol. The van der Waals surface area contributed by atoms with Crippen LogP contribution in [-0.2, 0) is 17.8 Å². The largest absolute Gasteiger partial charge is 0.497 e. The van der Waals surface area contributed by atoms with Crippen LogP contribution in [0.15, 0.2) is 48.5 Å². The SMILES string of the molecule is COc1ccc(CC(=O)NCc2cc3ccccc3[nH]2)c(OC)c1. The summed E-state index contributed by atoms with van der Waals surface area (Å²) in [4.78, 5) is 15.5. The van der Waals surface area contributed by atoms with E-state index in [1.165, 1.54) is 0 Å². The smallest absolute Gasteiger partial charge is 0.224 e. The van der Waals surface area contributed by atoms with Crippen LogP contribution in [0.1, 0.15) is 11.3 Å². The number of rotatable bonds is 6. The molecule has 3 aromatic rings. The topological polar surface area (TPSA) is 63.3 Å². The van der Waals surface area contributed by atoms with E-state index < -0.39 is 0 Å². The highest BCUT2D eigenvalue weighted by atomic mass is 16.5. The van der Waals surface area contributed by atoms with Crippen LogP contribution < -0.4 is 14.8 Å². The van der Waals surface area contributed by atoms with Gasteiger partial charge in [0.2, 0.25) is 5.91 Å². The molecule has 0 aliphatic rings. The molecule has 0 saturated heterocycles. The summed E-state index contributed by atoms with van der Waals surface area (Å²) in [5.74, 6) is 1.29. The Labute approximate surface area is 140 Å². The number of amides is 1. The average Bonchev–Trinajstić information content (AvgIpc) is 3.03. The molecule has 0 aliphatic heterocycles. The first kappa shape index (κ1) is 15.9. The second kappa shape index (κ2) is 7.08. The maximum Gasteiger partial charge on any atom is 0.224 e. The summed E-state index contributed by atoms with van der Waals surface area (Å²) in [7, 11) is 3.18. The summed E-state index contributed by atoms with van der Waals surface area (Å²) in [6, 6.07) is 15.5. The van der Waals surface area contributed by atoms with Gasteiger partial charge in [0.25, 0.3) is 0 Å². The third-order valence-electron chi connectivity index (χ3n) is 3.91. The van der Waals surface area contributed by atoms with Crippen molar-refractivity contribution in [2.24, 2.45) is 0 Å². The first-order valence-corrected chi connectivity index (χ1v) is 7.74. The van der Waals surface area contributed by atoms with Crippen LogP contribution in [0.25, 0.3) is 10.9 Å². The van der Waals surface area contributed by atoms with Crippen LogP contribution in [-0.4, -0.2) is 25.1 Å². The molecule has 0 aliphatic carbocycles. The Balaban J connectivity index is 1.63. The zero-order valence-corrected chi connectivity index (χ0v) is 13.8. The van der Waals surface area contributed by atoms with Gasteiger partial charge in [0, 0.05) is 22.8 Å². The van der Waals surface area contributed by atoms with Crippen molar-refractivity contribution in [3.8, 4) is 11.5 Å². The molecule has 1 amide bonds. The van der Waals surface area contributed by atoms with E-state index in [1.54, 1.807) is 20.3 Å². The number of H-pyrrole nitrogens is 1. The Morgan fingerprint density at radius 1 is 1.08 bits per heavy atom. The summed E-state index contributed by atoms with van der Waals surface area (Å²) < 4.78 is 10.5. The number of hydrogen-bond donors (Lipinski definition) is 2. The second-order valence-corrected chi connectivity index (χ2v) is 5.51. The van der Waals surface area contributed by atoms with E-state index in [1.807, 2.05) is 42.5 Å². The number of aromatic amines is 1. The van der Waals surface area contributed by atoms with Crippen molar-refractivity contribution < 1.29 is 14.3 Å². The Morgan fingerprint density at radius 2 is 1.92 bits per heavy atom. The van der Waals surface area contributed by atoms with Crippen LogP contribution >= 0.6 is 0 Å². The molecule has 5 nitrogen and oxygen atoms in total. The maximum atomic E-state index is 12.2. The number of para-hydroxylation sites is 1. The lowest BCUT2D eigenvalue weighted by atomic mass is 10.1. The normalized spacial score (nSPS) is 10.6. The first-order valence-electron chi connectivity index (χ1n) is 7.74. The quantitative estimate of drug-likeness (QED) is 0.732. The highest BCUT2D eigenvalue weighted by Gasteiger charge is 2.10. The predicted octanol–water partition coefficient (Wildman–Crippen LogP) is 3.04. The van der Waals surface area contributed by atoms with Crippen molar-refractivity contribution in [2.75, 3.05) is 14.2 Å².